The third-order valence-corrected chi connectivity index (χ3v) is 6.67. The number of hydrogen-bond acceptors (Lipinski definition) is 4. The van der Waals surface area contributed by atoms with Gasteiger partial charge >= 0.3 is 0 Å². The zero-order valence-electron chi connectivity index (χ0n) is 15.7. The third kappa shape index (κ3) is 4.20. The van der Waals surface area contributed by atoms with Crippen LogP contribution in [0.1, 0.15) is 29.3 Å². The monoisotopic (exact) mass is 391 g/mol. The maximum absolute atomic E-state index is 12.7. The Morgan fingerprint density at radius 3 is 2.63 bits per heavy atom. The van der Waals surface area contributed by atoms with Crippen molar-refractivity contribution in [2.75, 3.05) is 13.6 Å². The van der Waals surface area contributed by atoms with Crippen molar-refractivity contribution in [2.24, 2.45) is 7.05 Å². The molecule has 27 heavy (non-hydrogen) atoms. The van der Waals surface area contributed by atoms with Crippen molar-refractivity contribution < 1.29 is 13.2 Å². The molecule has 0 unspecified atom stereocenters. The van der Waals surface area contributed by atoms with E-state index < -0.39 is 22.3 Å². The van der Waals surface area contributed by atoms with Crippen LogP contribution in [-0.4, -0.2) is 48.0 Å². The fraction of sp³-hybridized carbons (Fsp3) is 0.444. The number of hydrogen-bond donors (Lipinski definition) is 2. The molecule has 1 aromatic carbocycles. The van der Waals surface area contributed by atoms with Crippen molar-refractivity contribution in [1.29, 1.82) is 0 Å². The predicted molar refractivity (Wildman–Crippen MR) is 102 cm³/mol. The normalized spacial score (nSPS) is 22.5. The van der Waals surface area contributed by atoms with Gasteiger partial charge in [0.15, 0.2) is 0 Å². The van der Waals surface area contributed by atoms with Crippen molar-refractivity contribution in [3.63, 3.8) is 0 Å². The van der Waals surface area contributed by atoms with Crippen molar-refractivity contribution in [3.05, 3.63) is 53.3 Å². The summed E-state index contributed by atoms with van der Waals surface area (Å²) < 4.78 is 30.4. The van der Waals surface area contributed by atoms with Gasteiger partial charge in [0.2, 0.25) is 5.91 Å². The molecule has 2 aromatic rings. The Morgan fingerprint density at radius 1 is 1.30 bits per heavy atom. The lowest BCUT2D eigenvalue weighted by molar-refractivity contribution is -0.125. The summed E-state index contributed by atoms with van der Waals surface area (Å²) in [6, 6.07) is 8.58. The zero-order valence-corrected chi connectivity index (χ0v) is 16.5. The van der Waals surface area contributed by atoms with E-state index in [-0.39, 0.29) is 5.91 Å². The number of rotatable bonds is 5. The average molecular weight is 391 g/mol. The number of nitrogens with zero attached hydrogens (tertiary/aromatic N) is 3. The fourth-order valence-corrected chi connectivity index (χ4v) is 4.53. The Kier molecular flexibility index (Phi) is 5.64. The molecule has 1 aliphatic heterocycles. The summed E-state index contributed by atoms with van der Waals surface area (Å²) in [5, 5.41) is 7.05. The van der Waals surface area contributed by atoms with E-state index in [1.54, 1.807) is 17.9 Å². The highest BCUT2D eigenvalue weighted by Crippen LogP contribution is 2.29. The topological polar surface area (TPSA) is 96.3 Å². The van der Waals surface area contributed by atoms with Gasteiger partial charge in [0.05, 0.1) is 12.2 Å². The summed E-state index contributed by atoms with van der Waals surface area (Å²) in [6.45, 7) is 2.33. The Balaban J connectivity index is 1.70. The molecule has 2 atom stereocenters. The molecule has 0 radical (unpaired) electrons. The molecule has 3 rings (SSSR count). The lowest BCUT2D eigenvalue weighted by Gasteiger charge is -2.36. The van der Waals surface area contributed by atoms with Crippen LogP contribution in [0.3, 0.4) is 0 Å². The maximum atomic E-state index is 12.7. The van der Waals surface area contributed by atoms with Crippen LogP contribution in [-0.2, 0) is 28.5 Å². The standard InChI is InChI=1S/C18H25N5O3S/c1-13-15(12-20-22(13)2)16-11-17(23(3)27(25,26)21-16)18(24)19-10-9-14-7-5-4-6-8-14/h4-8,12,16-17,21H,9-11H2,1-3H3,(H,19,24)/t16-,17+/m1/s1. The highest BCUT2D eigenvalue weighted by molar-refractivity contribution is 7.87. The molecule has 0 bridgehead atoms. The summed E-state index contributed by atoms with van der Waals surface area (Å²) >= 11 is 0. The molecule has 1 aliphatic rings. The largest absolute Gasteiger partial charge is 0.354 e. The van der Waals surface area contributed by atoms with Crippen molar-refractivity contribution in [1.82, 2.24) is 24.1 Å². The van der Waals surface area contributed by atoms with Crippen LogP contribution in [0.15, 0.2) is 36.5 Å². The Labute approximate surface area is 159 Å². The van der Waals surface area contributed by atoms with E-state index in [1.165, 1.54) is 7.05 Å². The second-order valence-electron chi connectivity index (χ2n) is 6.78. The molecule has 2 N–H and O–H groups in total. The van der Waals surface area contributed by atoms with Gasteiger partial charge < -0.3 is 5.32 Å². The van der Waals surface area contributed by atoms with Gasteiger partial charge in [-0.2, -0.15) is 22.5 Å². The number of carbonyl (C=O) groups is 1. The number of amides is 1. The van der Waals surface area contributed by atoms with Gasteiger partial charge in [-0.05, 0) is 25.3 Å². The second-order valence-corrected chi connectivity index (χ2v) is 8.54. The molecule has 1 fully saturated rings. The Hall–Kier alpha value is -2.23. The van der Waals surface area contributed by atoms with Gasteiger partial charge in [0, 0.05) is 31.9 Å². The van der Waals surface area contributed by atoms with Crippen LogP contribution in [0.2, 0.25) is 0 Å². The maximum Gasteiger partial charge on any atom is 0.280 e. The van der Waals surface area contributed by atoms with Crippen molar-refractivity contribution in [3.8, 4) is 0 Å². The van der Waals surface area contributed by atoms with E-state index in [4.69, 9.17) is 0 Å². The SMILES string of the molecule is Cc1c([C@H]2C[C@@H](C(=O)NCCc3ccccc3)N(C)S(=O)(=O)N2)cnn1C. The lowest BCUT2D eigenvalue weighted by Crippen LogP contribution is -2.57. The van der Waals surface area contributed by atoms with Crippen LogP contribution in [0.25, 0.3) is 0 Å². The molecule has 1 aromatic heterocycles. The van der Waals surface area contributed by atoms with E-state index in [2.05, 4.69) is 15.1 Å². The van der Waals surface area contributed by atoms with Crippen molar-refractivity contribution >= 4 is 16.1 Å². The van der Waals surface area contributed by atoms with Crippen molar-refractivity contribution in [2.45, 2.75) is 31.8 Å². The lowest BCUT2D eigenvalue weighted by atomic mass is 10.00. The average Bonchev–Trinajstić information content (AvgIpc) is 2.97. The van der Waals surface area contributed by atoms with Crippen LogP contribution in [0.5, 0.6) is 0 Å². The molecule has 1 amide bonds. The third-order valence-electron chi connectivity index (χ3n) is 5.08. The highest BCUT2D eigenvalue weighted by atomic mass is 32.2. The highest BCUT2D eigenvalue weighted by Gasteiger charge is 2.41. The molecular weight excluding hydrogens is 366 g/mol. The minimum Gasteiger partial charge on any atom is -0.354 e. The Morgan fingerprint density at radius 2 is 2.00 bits per heavy atom. The number of likely N-dealkylation sites (N-methyl/N-ethyl adjacent to an activating group) is 1. The molecule has 146 valence electrons. The molecule has 0 aliphatic carbocycles. The second kappa shape index (κ2) is 7.79. The number of aryl methyl sites for hydroxylation is 1. The summed E-state index contributed by atoms with van der Waals surface area (Å²) in [5.41, 5.74) is 2.78. The number of carbonyl (C=O) groups excluding carboxylic acids is 1. The number of nitrogens with one attached hydrogen (secondary N) is 2. The first-order valence-corrected chi connectivity index (χ1v) is 10.3. The van der Waals surface area contributed by atoms with Gasteiger partial charge in [0.25, 0.3) is 10.2 Å². The van der Waals surface area contributed by atoms with Gasteiger partial charge in [-0.15, -0.1) is 0 Å². The van der Waals surface area contributed by atoms with Gasteiger partial charge in [-0.25, -0.2) is 0 Å². The van der Waals surface area contributed by atoms with Crippen LogP contribution < -0.4 is 10.0 Å². The van der Waals surface area contributed by atoms with E-state index in [0.717, 1.165) is 21.1 Å². The van der Waals surface area contributed by atoms with Gasteiger partial charge in [0.1, 0.15) is 6.04 Å². The van der Waals surface area contributed by atoms with Crippen LogP contribution >= 0.6 is 0 Å². The molecule has 0 saturated carbocycles. The first-order chi connectivity index (χ1) is 12.8. The fourth-order valence-electron chi connectivity index (χ4n) is 3.26. The summed E-state index contributed by atoms with van der Waals surface area (Å²) in [7, 11) is -0.524. The van der Waals surface area contributed by atoms with Crippen LogP contribution in [0.4, 0.5) is 0 Å². The minimum absolute atomic E-state index is 0.287. The number of benzene rings is 1. The zero-order chi connectivity index (χ0) is 19.6. The number of aromatic nitrogens is 2. The smallest absolute Gasteiger partial charge is 0.280 e. The molecule has 9 heteroatoms. The van der Waals surface area contributed by atoms with Crippen LogP contribution in [0, 0.1) is 6.92 Å². The summed E-state index contributed by atoms with van der Waals surface area (Å²) in [4.78, 5) is 12.7. The molecule has 8 nitrogen and oxygen atoms in total. The van der Waals surface area contributed by atoms with E-state index in [9.17, 15) is 13.2 Å². The quantitative estimate of drug-likeness (QED) is 0.783. The molecular formula is C18H25N5O3S. The van der Waals surface area contributed by atoms with Gasteiger partial charge in [-0.1, -0.05) is 30.3 Å². The molecule has 1 saturated heterocycles. The van der Waals surface area contributed by atoms with Gasteiger partial charge in [-0.3, -0.25) is 9.48 Å². The molecule has 2 heterocycles. The minimum atomic E-state index is -3.75. The molecule has 0 spiro atoms. The van der Waals surface area contributed by atoms with E-state index in [0.29, 0.717) is 19.4 Å². The first kappa shape index (κ1) is 19.5. The predicted octanol–water partition coefficient (Wildman–Crippen LogP) is 0.667. The Bertz CT molecular complexity index is 910. The summed E-state index contributed by atoms with van der Waals surface area (Å²) in [5.74, 6) is -0.287. The summed E-state index contributed by atoms with van der Waals surface area (Å²) in [6.07, 6.45) is 2.69. The van der Waals surface area contributed by atoms with E-state index in [1.807, 2.05) is 37.3 Å². The first-order valence-electron chi connectivity index (χ1n) is 8.85. The van der Waals surface area contributed by atoms with E-state index >= 15 is 0 Å².